The van der Waals surface area contributed by atoms with Gasteiger partial charge in [0.15, 0.2) is 5.78 Å². The Morgan fingerprint density at radius 1 is 1.24 bits per heavy atom. The minimum absolute atomic E-state index is 0.116. The van der Waals surface area contributed by atoms with Crippen molar-refractivity contribution in [3.63, 3.8) is 0 Å². The van der Waals surface area contributed by atoms with Crippen LogP contribution in [0.5, 0.6) is 0 Å². The predicted molar refractivity (Wildman–Crippen MR) is 81.9 cm³/mol. The summed E-state index contributed by atoms with van der Waals surface area (Å²) in [5.41, 5.74) is 2.76. The third-order valence-corrected chi connectivity index (χ3v) is 3.66. The summed E-state index contributed by atoms with van der Waals surface area (Å²) >= 11 is 0. The largest absolute Gasteiger partial charge is 0.289 e. The van der Waals surface area contributed by atoms with Crippen molar-refractivity contribution >= 4 is 5.78 Å². The molecular formula is C18H19N2O+. The maximum atomic E-state index is 12.3. The van der Waals surface area contributed by atoms with Gasteiger partial charge in [-0.25, -0.2) is 9.13 Å². The lowest BCUT2D eigenvalue weighted by Gasteiger charge is -2.06. The molecule has 0 spiro atoms. The summed E-state index contributed by atoms with van der Waals surface area (Å²) in [4.78, 5) is 12.3. The Balaban J connectivity index is 1.73. The molecule has 1 aromatic heterocycles. The molecule has 0 radical (unpaired) electrons. The Morgan fingerprint density at radius 2 is 2.05 bits per heavy atom. The molecule has 0 amide bonds. The van der Waals surface area contributed by atoms with Crippen LogP contribution in [-0.2, 0) is 13.6 Å². The van der Waals surface area contributed by atoms with Gasteiger partial charge in [-0.2, -0.15) is 0 Å². The summed E-state index contributed by atoms with van der Waals surface area (Å²) in [6.45, 7) is 0.817. The van der Waals surface area contributed by atoms with Gasteiger partial charge in [0, 0.05) is 11.1 Å². The van der Waals surface area contributed by atoms with Crippen LogP contribution in [-0.4, -0.2) is 10.4 Å². The number of aromatic nitrogens is 2. The van der Waals surface area contributed by atoms with Gasteiger partial charge in [-0.05, 0) is 18.4 Å². The number of Topliss-reactive ketones (excluding diaryl/α,β-unsaturated/α-hetero) is 1. The number of rotatable bonds is 4. The lowest BCUT2D eigenvalue weighted by Crippen LogP contribution is -2.31. The second-order valence-corrected chi connectivity index (χ2v) is 5.42. The van der Waals surface area contributed by atoms with Crippen molar-refractivity contribution in [2.24, 2.45) is 7.05 Å². The Hall–Kier alpha value is -2.42. The first kappa shape index (κ1) is 13.6. The predicted octanol–water partition coefficient (Wildman–Crippen LogP) is 2.82. The van der Waals surface area contributed by atoms with Crippen LogP contribution in [0.15, 0.2) is 66.8 Å². The van der Waals surface area contributed by atoms with Crippen molar-refractivity contribution < 1.29 is 9.36 Å². The first-order valence-electron chi connectivity index (χ1n) is 7.24. The number of carbonyl (C=O) groups excluding carboxylic acids is 1. The fourth-order valence-electron chi connectivity index (χ4n) is 2.52. The highest BCUT2D eigenvalue weighted by Gasteiger charge is 2.11. The molecule has 1 heterocycles. The van der Waals surface area contributed by atoms with E-state index in [1.165, 1.54) is 5.56 Å². The fourth-order valence-corrected chi connectivity index (χ4v) is 2.52. The molecule has 3 nitrogen and oxygen atoms in total. The number of aryl methyl sites for hydroxylation is 1. The Bertz CT molecular complexity index is 705. The molecule has 1 aliphatic rings. The van der Waals surface area contributed by atoms with E-state index in [1.807, 2.05) is 66.8 Å². The normalized spacial score (nSPS) is 14.0. The van der Waals surface area contributed by atoms with Crippen LogP contribution in [0.3, 0.4) is 0 Å². The zero-order valence-corrected chi connectivity index (χ0v) is 12.2. The Labute approximate surface area is 124 Å². The molecule has 0 unspecified atom stereocenters. The number of ketones is 1. The molecule has 21 heavy (non-hydrogen) atoms. The molecular weight excluding hydrogens is 260 g/mol. The van der Waals surface area contributed by atoms with E-state index in [0.29, 0.717) is 0 Å². The van der Waals surface area contributed by atoms with E-state index in [1.54, 1.807) is 0 Å². The van der Waals surface area contributed by atoms with Crippen LogP contribution in [0.25, 0.3) is 0 Å². The van der Waals surface area contributed by atoms with Gasteiger partial charge in [-0.3, -0.25) is 4.79 Å². The smallest absolute Gasteiger partial charge is 0.243 e. The molecule has 3 heteroatoms. The molecule has 0 atom stereocenters. The summed E-state index contributed by atoms with van der Waals surface area (Å²) in [7, 11) is 2.00. The van der Waals surface area contributed by atoms with Crippen LogP contribution in [0.1, 0.15) is 28.8 Å². The van der Waals surface area contributed by atoms with E-state index < -0.39 is 0 Å². The zero-order valence-electron chi connectivity index (χ0n) is 12.2. The number of hydrogen-bond donors (Lipinski definition) is 0. The van der Waals surface area contributed by atoms with Gasteiger partial charge in [0.2, 0.25) is 6.33 Å². The van der Waals surface area contributed by atoms with Crippen LogP contribution >= 0.6 is 0 Å². The molecule has 0 aliphatic heterocycles. The van der Waals surface area contributed by atoms with Gasteiger partial charge < -0.3 is 0 Å². The quantitative estimate of drug-likeness (QED) is 0.624. The topological polar surface area (TPSA) is 25.9 Å². The Kier molecular flexibility index (Phi) is 3.82. The Morgan fingerprint density at radius 3 is 2.67 bits per heavy atom. The lowest BCUT2D eigenvalue weighted by atomic mass is 9.97. The molecule has 1 aromatic carbocycles. The lowest BCUT2D eigenvalue weighted by molar-refractivity contribution is -0.687. The summed E-state index contributed by atoms with van der Waals surface area (Å²) < 4.78 is 4.13. The van der Waals surface area contributed by atoms with Gasteiger partial charge in [0.1, 0.15) is 18.9 Å². The van der Waals surface area contributed by atoms with Crippen molar-refractivity contribution in [1.82, 2.24) is 4.57 Å². The first-order valence-corrected chi connectivity index (χ1v) is 7.24. The zero-order chi connectivity index (χ0) is 14.7. The van der Waals surface area contributed by atoms with Gasteiger partial charge in [0.05, 0.1) is 7.05 Å². The van der Waals surface area contributed by atoms with Crippen molar-refractivity contribution in [2.45, 2.75) is 19.4 Å². The average Bonchev–Trinajstić information content (AvgIpc) is 2.93. The van der Waals surface area contributed by atoms with Gasteiger partial charge in [-0.15, -0.1) is 0 Å². The molecule has 0 fully saturated rings. The first-order chi connectivity index (χ1) is 10.2. The third kappa shape index (κ3) is 3.19. The van der Waals surface area contributed by atoms with E-state index >= 15 is 0 Å². The van der Waals surface area contributed by atoms with E-state index in [4.69, 9.17) is 0 Å². The fraction of sp³-hybridized carbons (Fsp3) is 0.222. The van der Waals surface area contributed by atoms with E-state index in [-0.39, 0.29) is 5.78 Å². The minimum atomic E-state index is 0.116. The summed E-state index contributed by atoms with van der Waals surface area (Å²) in [6.07, 6.45) is 14.1. The maximum Gasteiger partial charge on any atom is 0.243 e. The minimum Gasteiger partial charge on any atom is -0.289 e. The summed E-state index contributed by atoms with van der Waals surface area (Å²) in [5.74, 6) is 0.116. The van der Waals surface area contributed by atoms with Crippen LogP contribution in [0.2, 0.25) is 0 Å². The summed E-state index contributed by atoms with van der Waals surface area (Å²) in [6, 6.07) is 7.90. The molecule has 0 saturated carbocycles. The van der Waals surface area contributed by atoms with E-state index in [2.05, 4.69) is 10.6 Å². The van der Waals surface area contributed by atoms with Gasteiger partial charge in [0.25, 0.3) is 0 Å². The number of carbonyl (C=O) groups is 1. The highest BCUT2D eigenvalue weighted by molar-refractivity contribution is 6.10. The number of allylic oxidation sites excluding steroid dienone is 4. The van der Waals surface area contributed by atoms with Crippen LogP contribution in [0.4, 0.5) is 0 Å². The molecule has 0 N–H and O–H groups in total. The number of benzene rings is 1. The number of imidazole rings is 1. The van der Waals surface area contributed by atoms with E-state index in [0.717, 1.165) is 30.5 Å². The standard InChI is InChI=1S/C18H19N2O/c1-19-11-12-20(14-19)13-15-7-9-17(10-8-15)18(21)16-5-3-2-4-6-16/h3,5-12,14H,2,4,13H2,1H3/q+1. The van der Waals surface area contributed by atoms with Gasteiger partial charge >= 0.3 is 0 Å². The molecule has 0 bridgehead atoms. The second kappa shape index (κ2) is 5.92. The number of nitrogens with zero attached hydrogens (tertiary/aromatic N) is 2. The van der Waals surface area contributed by atoms with Crippen molar-refractivity contribution in [1.29, 1.82) is 0 Å². The van der Waals surface area contributed by atoms with E-state index in [9.17, 15) is 4.79 Å². The maximum absolute atomic E-state index is 12.3. The average molecular weight is 279 g/mol. The molecule has 3 rings (SSSR count). The van der Waals surface area contributed by atoms with Crippen molar-refractivity contribution in [3.8, 4) is 0 Å². The molecule has 106 valence electrons. The van der Waals surface area contributed by atoms with Crippen molar-refractivity contribution in [3.05, 3.63) is 77.9 Å². The van der Waals surface area contributed by atoms with Gasteiger partial charge in [-0.1, -0.05) is 42.5 Å². The second-order valence-electron chi connectivity index (χ2n) is 5.42. The van der Waals surface area contributed by atoms with Crippen LogP contribution in [0, 0.1) is 0 Å². The highest BCUT2D eigenvalue weighted by Crippen LogP contribution is 2.16. The molecule has 2 aromatic rings. The monoisotopic (exact) mass is 279 g/mol. The highest BCUT2D eigenvalue weighted by atomic mass is 16.1. The van der Waals surface area contributed by atoms with Crippen LogP contribution < -0.4 is 4.57 Å². The summed E-state index contributed by atoms with van der Waals surface area (Å²) in [5, 5.41) is 0. The third-order valence-electron chi connectivity index (χ3n) is 3.66. The molecule has 0 saturated heterocycles. The number of hydrogen-bond acceptors (Lipinski definition) is 1. The van der Waals surface area contributed by atoms with Crippen molar-refractivity contribution in [2.75, 3.05) is 0 Å². The molecule has 1 aliphatic carbocycles. The SMILES string of the molecule is Cn1cc[n+](Cc2ccc(C(=O)C3=CCCC=C3)cc2)c1.